The largest absolute Gasteiger partial charge is 0.487 e. The minimum absolute atomic E-state index is 0.0120. The average molecular weight is 605 g/mol. The number of carbonyl (C=O) groups is 1. The normalized spacial score (nSPS) is 11.1. The minimum atomic E-state index is -0.473. The fourth-order valence-corrected chi connectivity index (χ4v) is 4.74. The Kier molecular flexibility index (Phi) is 8.04. The van der Waals surface area contributed by atoms with E-state index in [-0.39, 0.29) is 18.0 Å². The number of carbonyl (C=O) groups excluding carboxylic acids is 1. The number of nitrogens with one attached hydrogen (secondary N) is 1. The number of amides is 1. The van der Waals surface area contributed by atoms with Crippen molar-refractivity contribution in [2.45, 2.75) is 20.5 Å². The van der Waals surface area contributed by atoms with E-state index < -0.39 is 5.91 Å². The first-order valence-electron chi connectivity index (χ1n) is 9.64. The number of nitrogens with zero attached hydrogens (tertiary/aromatic N) is 1. The van der Waals surface area contributed by atoms with Gasteiger partial charge in [-0.25, -0.2) is 4.39 Å². The van der Waals surface area contributed by atoms with Crippen LogP contribution in [0, 0.1) is 34.6 Å². The molecule has 0 aliphatic heterocycles. The van der Waals surface area contributed by atoms with Crippen molar-refractivity contribution in [2.75, 3.05) is 5.32 Å². The van der Waals surface area contributed by atoms with E-state index in [4.69, 9.17) is 4.74 Å². The molecule has 3 rings (SSSR count). The molecule has 162 valence electrons. The van der Waals surface area contributed by atoms with Crippen molar-refractivity contribution in [1.82, 2.24) is 0 Å². The first kappa shape index (κ1) is 24.0. The zero-order chi connectivity index (χ0) is 23.3. The predicted octanol–water partition coefficient (Wildman–Crippen LogP) is 6.93. The summed E-state index contributed by atoms with van der Waals surface area (Å²) < 4.78 is 20.7. The number of halogens is 3. The molecule has 0 heterocycles. The fraction of sp³-hybridized carbons (Fsp3) is 0.120. The van der Waals surface area contributed by atoms with Crippen LogP contribution in [0.1, 0.15) is 22.3 Å². The summed E-state index contributed by atoms with van der Waals surface area (Å²) in [6.45, 7) is 4.09. The van der Waals surface area contributed by atoms with Gasteiger partial charge in [-0.15, -0.1) is 0 Å². The van der Waals surface area contributed by atoms with Gasteiger partial charge >= 0.3 is 0 Å². The number of ether oxygens (including phenoxy) is 1. The Morgan fingerprint density at radius 1 is 1.22 bits per heavy atom. The lowest BCUT2D eigenvalue weighted by molar-refractivity contribution is -0.112. The Labute approximate surface area is 208 Å². The standard InChI is InChI=1S/C25H19BrFIN2O2/c1-15-5-3-8-23(16(15)2)30-25(31)19(13-29)9-18-11-21(26)24(22(28)12-18)32-14-17-6-4-7-20(27)10-17/h3-12H,14H2,1-2H3,(H,30,31)/b19-9+. The molecule has 0 saturated carbocycles. The number of anilines is 1. The lowest BCUT2D eigenvalue weighted by Gasteiger charge is -2.12. The van der Waals surface area contributed by atoms with Crippen LogP contribution in [0.25, 0.3) is 6.08 Å². The van der Waals surface area contributed by atoms with Crippen LogP contribution in [0.5, 0.6) is 5.75 Å². The zero-order valence-electron chi connectivity index (χ0n) is 17.4. The van der Waals surface area contributed by atoms with Gasteiger partial charge in [-0.1, -0.05) is 24.3 Å². The van der Waals surface area contributed by atoms with Crippen LogP contribution >= 0.6 is 38.5 Å². The molecule has 0 spiro atoms. The maximum Gasteiger partial charge on any atom is 0.266 e. The number of hydrogen-bond donors (Lipinski definition) is 1. The molecule has 3 aromatic carbocycles. The molecule has 0 bridgehead atoms. The number of aryl methyl sites for hydroxylation is 1. The summed E-state index contributed by atoms with van der Waals surface area (Å²) in [5.41, 5.74) is 4.06. The van der Waals surface area contributed by atoms with Crippen molar-refractivity contribution in [3.05, 3.63) is 96.3 Å². The van der Waals surface area contributed by atoms with Gasteiger partial charge in [-0.2, -0.15) is 5.26 Å². The molecule has 0 aliphatic rings. The van der Waals surface area contributed by atoms with Gasteiger partial charge in [0.1, 0.15) is 29.8 Å². The molecule has 0 radical (unpaired) electrons. The summed E-state index contributed by atoms with van der Waals surface area (Å²) >= 11 is 5.61. The third kappa shape index (κ3) is 5.96. The lowest BCUT2D eigenvalue weighted by Crippen LogP contribution is -2.14. The first-order valence-corrected chi connectivity index (χ1v) is 11.5. The molecule has 1 N–H and O–H groups in total. The molecule has 3 aromatic rings. The van der Waals surface area contributed by atoms with Gasteiger partial charge in [0.2, 0.25) is 0 Å². The molecule has 0 aromatic heterocycles. The second-order valence-electron chi connectivity index (χ2n) is 7.10. The third-order valence-electron chi connectivity index (χ3n) is 4.82. The van der Waals surface area contributed by atoms with Crippen molar-refractivity contribution in [3.8, 4) is 11.8 Å². The van der Waals surface area contributed by atoms with Crippen LogP contribution in [0.4, 0.5) is 10.1 Å². The molecule has 32 heavy (non-hydrogen) atoms. The molecule has 0 aliphatic carbocycles. The third-order valence-corrected chi connectivity index (χ3v) is 6.21. The van der Waals surface area contributed by atoms with E-state index in [1.807, 2.05) is 38.1 Å². The van der Waals surface area contributed by atoms with Crippen molar-refractivity contribution < 1.29 is 13.9 Å². The van der Waals surface area contributed by atoms with Crippen LogP contribution in [0.3, 0.4) is 0 Å². The van der Waals surface area contributed by atoms with Crippen LogP contribution in [-0.4, -0.2) is 5.91 Å². The summed E-state index contributed by atoms with van der Waals surface area (Å²) in [5.74, 6) is -0.187. The molecule has 0 saturated heterocycles. The van der Waals surface area contributed by atoms with E-state index in [1.165, 1.54) is 18.2 Å². The quantitative estimate of drug-likeness (QED) is 0.188. The van der Waals surface area contributed by atoms with Crippen LogP contribution in [0.15, 0.2) is 64.6 Å². The number of hydrogen-bond acceptors (Lipinski definition) is 3. The topological polar surface area (TPSA) is 62.1 Å². The van der Waals surface area contributed by atoms with Gasteiger partial charge in [0.05, 0.1) is 8.04 Å². The number of benzene rings is 3. The molecular formula is C25H19BrFIN2O2. The molecule has 1 amide bonds. The highest BCUT2D eigenvalue weighted by Crippen LogP contribution is 2.33. The Morgan fingerprint density at radius 2 is 1.97 bits per heavy atom. The van der Waals surface area contributed by atoms with Gasteiger partial charge in [0, 0.05) is 5.69 Å². The maximum absolute atomic E-state index is 13.4. The predicted molar refractivity (Wildman–Crippen MR) is 136 cm³/mol. The minimum Gasteiger partial charge on any atom is -0.487 e. The zero-order valence-corrected chi connectivity index (χ0v) is 21.1. The first-order chi connectivity index (χ1) is 15.3. The van der Waals surface area contributed by atoms with Gasteiger partial charge in [-0.3, -0.25) is 4.79 Å². The molecule has 0 fully saturated rings. The van der Waals surface area contributed by atoms with Crippen molar-refractivity contribution >= 4 is 56.2 Å². The summed E-state index contributed by atoms with van der Waals surface area (Å²) in [6.07, 6.45) is 1.53. The van der Waals surface area contributed by atoms with E-state index in [9.17, 15) is 14.4 Å². The van der Waals surface area contributed by atoms with E-state index >= 15 is 0 Å². The molecular weight excluding hydrogens is 586 g/mol. The van der Waals surface area contributed by atoms with Gasteiger partial charge in [0.25, 0.3) is 5.91 Å². The second kappa shape index (κ2) is 10.7. The number of nitriles is 1. The average Bonchev–Trinajstić information content (AvgIpc) is 2.74. The lowest BCUT2D eigenvalue weighted by atomic mass is 10.1. The summed E-state index contributed by atoms with van der Waals surface area (Å²) in [6, 6.07) is 17.4. The Morgan fingerprint density at radius 3 is 2.66 bits per heavy atom. The molecule has 0 unspecified atom stereocenters. The Balaban J connectivity index is 1.79. The van der Waals surface area contributed by atoms with Crippen molar-refractivity contribution in [1.29, 1.82) is 5.26 Å². The maximum atomic E-state index is 13.4. The summed E-state index contributed by atoms with van der Waals surface area (Å²) in [5, 5.41) is 12.3. The summed E-state index contributed by atoms with van der Waals surface area (Å²) in [7, 11) is 0. The smallest absolute Gasteiger partial charge is 0.266 e. The van der Waals surface area contributed by atoms with E-state index in [1.54, 1.807) is 24.3 Å². The van der Waals surface area contributed by atoms with Crippen molar-refractivity contribution in [3.63, 3.8) is 0 Å². The Bertz CT molecular complexity index is 1230. The van der Waals surface area contributed by atoms with Crippen LogP contribution in [-0.2, 0) is 11.4 Å². The SMILES string of the molecule is Cc1cccc(NC(=O)/C(C#N)=C/c2cc(Br)c(OCc3cccc(F)c3)c(I)c2)c1C. The number of rotatable bonds is 6. The van der Waals surface area contributed by atoms with Crippen molar-refractivity contribution in [2.24, 2.45) is 0 Å². The van der Waals surface area contributed by atoms with E-state index in [0.29, 0.717) is 27.0 Å². The summed E-state index contributed by atoms with van der Waals surface area (Å²) in [4.78, 5) is 12.7. The highest BCUT2D eigenvalue weighted by molar-refractivity contribution is 14.1. The van der Waals surface area contributed by atoms with E-state index in [0.717, 1.165) is 14.7 Å². The molecule has 7 heteroatoms. The van der Waals surface area contributed by atoms with Gasteiger partial charge in [0.15, 0.2) is 0 Å². The second-order valence-corrected chi connectivity index (χ2v) is 9.12. The molecule has 0 atom stereocenters. The fourth-order valence-electron chi connectivity index (χ4n) is 2.97. The highest BCUT2D eigenvalue weighted by Gasteiger charge is 2.14. The van der Waals surface area contributed by atoms with Gasteiger partial charge in [-0.05, 0) is 111 Å². The van der Waals surface area contributed by atoms with Gasteiger partial charge < -0.3 is 10.1 Å². The molecule has 4 nitrogen and oxygen atoms in total. The van der Waals surface area contributed by atoms with E-state index in [2.05, 4.69) is 43.8 Å². The monoisotopic (exact) mass is 604 g/mol. The van der Waals surface area contributed by atoms with Crippen LogP contribution in [0.2, 0.25) is 0 Å². The van der Waals surface area contributed by atoms with Crippen LogP contribution < -0.4 is 10.1 Å². The Hall–Kier alpha value is -2.70. The highest BCUT2D eigenvalue weighted by atomic mass is 127.